The quantitative estimate of drug-likeness (QED) is 0.177. The normalized spacial score (nSPS) is 17.1. The fourth-order valence-corrected chi connectivity index (χ4v) is 6.90. The number of nitrogens with one attached hydrogen (secondary N) is 2. The van der Waals surface area contributed by atoms with Crippen LogP contribution < -0.4 is 25.0 Å². The minimum absolute atomic E-state index is 0.0164. The number of urea groups is 1. The second kappa shape index (κ2) is 15.9. The SMILES string of the molecule is COc1cc2c(Oc3ccc(C4SCC(=O)N4NC(=O)Nc4ccc(F)cc4F)cc3F)ccnc2cc1OCCCN1CCCN(C)CC1. The number of nitrogens with zero attached hydrogens (tertiary/aromatic N) is 4. The molecule has 0 saturated carbocycles. The number of likely N-dealkylation sites (N-methyl/N-ethyl adjacent to an activating group) is 1. The first kappa shape index (κ1) is 35.1. The monoisotopic (exact) mass is 710 g/mol. The molecule has 3 aromatic carbocycles. The summed E-state index contributed by atoms with van der Waals surface area (Å²) in [4.78, 5) is 34.4. The van der Waals surface area contributed by atoms with Crippen molar-refractivity contribution in [1.82, 2.24) is 25.2 Å². The average molecular weight is 711 g/mol. The molecule has 1 atom stereocenters. The van der Waals surface area contributed by atoms with Gasteiger partial charge in [-0.15, -0.1) is 11.8 Å². The first-order valence-electron chi connectivity index (χ1n) is 16.1. The number of pyridine rings is 1. The Morgan fingerprint density at radius 2 is 1.82 bits per heavy atom. The molecule has 0 aliphatic carbocycles. The Labute approximate surface area is 291 Å². The van der Waals surface area contributed by atoms with Crippen molar-refractivity contribution in [3.63, 3.8) is 0 Å². The van der Waals surface area contributed by atoms with E-state index in [0.29, 0.717) is 46.4 Å². The van der Waals surface area contributed by atoms with Gasteiger partial charge in [-0.25, -0.2) is 28.4 Å². The summed E-state index contributed by atoms with van der Waals surface area (Å²) in [6, 6.07) is 11.1. The number of fused-ring (bicyclic) bond motifs is 1. The molecule has 50 heavy (non-hydrogen) atoms. The lowest BCUT2D eigenvalue weighted by Gasteiger charge is -2.25. The molecule has 2 aliphatic heterocycles. The van der Waals surface area contributed by atoms with Crippen molar-refractivity contribution in [3.05, 3.63) is 83.8 Å². The van der Waals surface area contributed by atoms with Gasteiger partial charge in [-0.05, 0) is 74.9 Å². The summed E-state index contributed by atoms with van der Waals surface area (Å²) in [5.41, 5.74) is 3.06. The number of thioether (sulfide) groups is 1. The number of halogens is 3. The number of hydrogen-bond donors (Lipinski definition) is 2. The lowest BCUT2D eigenvalue weighted by Crippen LogP contribution is -2.46. The lowest BCUT2D eigenvalue weighted by atomic mass is 10.1. The molecule has 4 aromatic rings. The molecule has 11 nitrogen and oxygen atoms in total. The minimum Gasteiger partial charge on any atom is -0.493 e. The number of hydrogen-bond acceptors (Lipinski definition) is 9. The fraction of sp³-hybridized carbons (Fsp3) is 0.343. The summed E-state index contributed by atoms with van der Waals surface area (Å²) >= 11 is 1.17. The number of rotatable bonds is 11. The molecule has 2 saturated heterocycles. The fourth-order valence-electron chi connectivity index (χ4n) is 5.80. The Hall–Kier alpha value is -4.73. The largest absolute Gasteiger partial charge is 0.493 e. The maximum absolute atomic E-state index is 15.5. The van der Waals surface area contributed by atoms with Gasteiger partial charge in [-0.2, -0.15) is 0 Å². The van der Waals surface area contributed by atoms with Gasteiger partial charge < -0.3 is 29.3 Å². The van der Waals surface area contributed by atoms with E-state index in [2.05, 4.69) is 32.6 Å². The topological polar surface area (TPSA) is 108 Å². The van der Waals surface area contributed by atoms with Gasteiger partial charge in [0, 0.05) is 43.4 Å². The zero-order valence-corrected chi connectivity index (χ0v) is 28.4. The van der Waals surface area contributed by atoms with Crippen LogP contribution in [0.1, 0.15) is 23.8 Å². The number of amides is 3. The molecule has 2 N–H and O–H groups in total. The number of anilines is 1. The van der Waals surface area contributed by atoms with E-state index in [9.17, 15) is 18.4 Å². The summed E-state index contributed by atoms with van der Waals surface area (Å²) in [5.74, 6) is -1.60. The van der Waals surface area contributed by atoms with Crippen LogP contribution in [0.5, 0.6) is 23.0 Å². The lowest BCUT2D eigenvalue weighted by molar-refractivity contribution is -0.130. The van der Waals surface area contributed by atoms with E-state index in [1.165, 1.54) is 23.9 Å². The highest BCUT2D eigenvalue weighted by Gasteiger charge is 2.35. The number of hydrazine groups is 1. The summed E-state index contributed by atoms with van der Waals surface area (Å²) in [5, 5.41) is 3.09. The average Bonchev–Trinajstić information content (AvgIpc) is 3.32. The molecule has 0 radical (unpaired) electrons. The molecule has 6 rings (SSSR count). The molecular weight excluding hydrogens is 673 g/mol. The third kappa shape index (κ3) is 8.34. The van der Waals surface area contributed by atoms with Crippen molar-refractivity contribution in [2.45, 2.75) is 18.2 Å². The number of carbonyl (C=O) groups excluding carboxylic acids is 2. The number of aromatic nitrogens is 1. The standard InChI is InChI=1S/C35H37F3N6O5S/c1-42-11-3-12-43(15-14-42)13-4-16-48-32-20-28-24(19-31(32)47-2)29(9-10-39-28)49-30-8-5-22(17-26(30)38)34-44(33(45)21-50-34)41-35(46)40-27-7-6-23(36)18-25(27)37/h5-10,17-20,34H,3-4,11-16,21H2,1-2H3,(H2,40,41,46). The molecule has 0 spiro atoms. The Morgan fingerprint density at radius 3 is 2.62 bits per heavy atom. The van der Waals surface area contributed by atoms with E-state index in [1.807, 2.05) is 0 Å². The Kier molecular flexibility index (Phi) is 11.1. The number of carbonyl (C=O) groups is 2. The third-order valence-corrected chi connectivity index (χ3v) is 9.62. The summed E-state index contributed by atoms with van der Waals surface area (Å²) in [6.07, 6.45) is 3.58. The molecule has 15 heteroatoms. The third-order valence-electron chi connectivity index (χ3n) is 8.41. The van der Waals surface area contributed by atoms with Crippen LogP contribution in [0.3, 0.4) is 0 Å². The number of methoxy groups -OCH3 is 1. The Morgan fingerprint density at radius 1 is 0.960 bits per heavy atom. The highest BCUT2D eigenvalue weighted by Crippen LogP contribution is 2.41. The number of ether oxygens (including phenoxy) is 3. The van der Waals surface area contributed by atoms with Crippen LogP contribution in [0.2, 0.25) is 0 Å². The Bertz CT molecular complexity index is 1870. The van der Waals surface area contributed by atoms with E-state index in [0.717, 1.165) is 62.7 Å². The van der Waals surface area contributed by atoms with Crippen molar-refractivity contribution in [2.75, 3.05) is 64.6 Å². The van der Waals surface area contributed by atoms with Crippen LogP contribution in [0, 0.1) is 17.5 Å². The smallest absolute Gasteiger partial charge is 0.338 e. The summed E-state index contributed by atoms with van der Waals surface area (Å²) in [6.45, 7) is 5.76. The zero-order chi connectivity index (χ0) is 35.2. The molecule has 1 aromatic heterocycles. The molecule has 0 bridgehead atoms. The predicted octanol–water partition coefficient (Wildman–Crippen LogP) is 6.17. The van der Waals surface area contributed by atoms with Gasteiger partial charge in [-0.1, -0.05) is 6.07 Å². The van der Waals surface area contributed by atoms with Crippen molar-refractivity contribution in [1.29, 1.82) is 0 Å². The number of benzene rings is 3. The van der Waals surface area contributed by atoms with Gasteiger partial charge >= 0.3 is 6.03 Å². The van der Waals surface area contributed by atoms with Crippen LogP contribution in [0.15, 0.2) is 60.8 Å². The maximum Gasteiger partial charge on any atom is 0.338 e. The van der Waals surface area contributed by atoms with Gasteiger partial charge in [0.25, 0.3) is 5.91 Å². The van der Waals surface area contributed by atoms with Crippen molar-refractivity contribution < 1.29 is 37.0 Å². The molecule has 2 aliphatic rings. The highest BCUT2D eigenvalue weighted by molar-refractivity contribution is 8.00. The van der Waals surface area contributed by atoms with Gasteiger partial charge in [0.05, 0.1) is 30.7 Å². The van der Waals surface area contributed by atoms with Crippen molar-refractivity contribution in [2.24, 2.45) is 0 Å². The van der Waals surface area contributed by atoms with Crippen LogP contribution in [0.25, 0.3) is 10.9 Å². The maximum atomic E-state index is 15.5. The minimum atomic E-state index is -0.979. The van der Waals surface area contributed by atoms with Gasteiger partial charge in [0.1, 0.15) is 22.8 Å². The molecule has 1 unspecified atom stereocenters. The van der Waals surface area contributed by atoms with E-state index >= 15 is 4.39 Å². The van der Waals surface area contributed by atoms with Gasteiger partial charge in [0.2, 0.25) is 0 Å². The van der Waals surface area contributed by atoms with E-state index in [-0.39, 0.29) is 17.2 Å². The van der Waals surface area contributed by atoms with Crippen LogP contribution in [-0.4, -0.2) is 91.0 Å². The van der Waals surface area contributed by atoms with Gasteiger partial charge in [0.15, 0.2) is 23.1 Å². The zero-order valence-electron chi connectivity index (χ0n) is 27.6. The second-order valence-electron chi connectivity index (χ2n) is 11.9. The molecule has 3 heterocycles. The predicted molar refractivity (Wildman–Crippen MR) is 184 cm³/mol. The van der Waals surface area contributed by atoms with Crippen molar-refractivity contribution >= 4 is 40.3 Å². The van der Waals surface area contributed by atoms with E-state index in [4.69, 9.17) is 14.2 Å². The second-order valence-corrected chi connectivity index (χ2v) is 13.0. The van der Waals surface area contributed by atoms with E-state index < -0.39 is 34.8 Å². The van der Waals surface area contributed by atoms with Crippen LogP contribution >= 0.6 is 11.8 Å². The van der Waals surface area contributed by atoms with Gasteiger partial charge in [-0.3, -0.25) is 9.78 Å². The Balaban J connectivity index is 1.11. The molecular formula is C35H37F3N6O5S. The molecule has 264 valence electrons. The molecule has 2 fully saturated rings. The van der Waals surface area contributed by atoms with Crippen LogP contribution in [0.4, 0.5) is 23.7 Å². The van der Waals surface area contributed by atoms with Crippen molar-refractivity contribution in [3.8, 4) is 23.0 Å². The highest BCUT2D eigenvalue weighted by atomic mass is 32.2. The van der Waals surface area contributed by atoms with E-state index in [1.54, 1.807) is 37.6 Å². The summed E-state index contributed by atoms with van der Waals surface area (Å²) < 4.78 is 60.5. The van der Waals surface area contributed by atoms with Crippen LogP contribution in [-0.2, 0) is 4.79 Å². The first-order chi connectivity index (χ1) is 24.2. The summed E-state index contributed by atoms with van der Waals surface area (Å²) in [7, 11) is 3.70. The molecule has 3 amide bonds. The first-order valence-corrected chi connectivity index (χ1v) is 17.2.